The van der Waals surface area contributed by atoms with Gasteiger partial charge in [-0.05, 0) is 49.6 Å². The molecule has 0 saturated carbocycles. The summed E-state index contributed by atoms with van der Waals surface area (Å²) in [6.07, 6.45) is -1.42. The quantitative estimate of drug-likeness (QED) is 0.481. The molecule has 0 spiro atoms. The SMILES string of the molecule is O=C(Oc1ccc(N2CCCC2=O)cc1)C1CCN(c2ncc(C(F)(F)F)cc2Cl)CC1. The van der Waals surface area contributed by atoms with Crippen LogP contribution in [0.2, 0.25) is 5.02 Å². The second-order valence-electron chi connectivity index (χ2n) is 7.85. The fourth-order valence-corrected chi connectivity index (χ4v) is 4.25. The van der Waals surface area contributed by atoms with Gasteiger partial charge in [-0.3, -0.25) is 9.59 Å². The average Bonchev–Trinajstić information content (AvgIpc) is 3.19. The van der Waals surface area contributed by atoms with Crippen molar-refractivity contribution in [2.24, 2.45) is 5.92 Å². The lowest BCUT2D eigenvalue weighted by molar-refractivity contribution is -0.140. The number of carbonyl (C=O) groups excluding carboxylic acids is 2. The molecule has 1 amide bonds. The van der Waals surface area contributed by atoms with Crippen molar-refractivity contribution in [1.82, 2.24) is 4.98 Å². The van der Waals surface area contributed by atoms with Gasteiger partial charge in [-0.1, -0.05) is 11.6 Å². The minimum atomic E-state index is -4.51. The summed E-state index contributed by atoms with van der Waals surface area (Å²) in [6.45, 7) is 1.54. The number of hydrogen-bond acceptors (Lipinski definition) is 5. The number of amides is 1. The van der Waals surface area contributed by atoms with Crippen molar-refractivity contribution in [3.63, 3.8) is 0 Å². The molecule has 2 aliphatic rings. The molecule has 1 aromatic carbocycles. The summed E-state index contributed by atoms with van der Waals surface area (Å²) in [5, 5.41) is -0.0718. The first-order valence-corrected chi connectivity index (χ1v) is 10.7. The number of anilines is 2. The number of rotatable bonds is 4. The second kappa shape index (κ2) is 8.97. The second-order valence-corrected chi connectivity index (χ2v) is 8.26. The molecular formula is C22H21ClF3N3O3. The Bertz CT molecular complexity index is 1010. The van der Waals surface area contributed by atoms with Gasteiger partial charge in [0.2, 0.25) is 5.91 Å². The molecular weight excluding hydrogens is 447 g/mol. The molecule has 2 aliphatic heterocycles. The van der Waals surface area contributed by atoms with E-state index in [1.54, 1.807) is 34.1 Å². The smallest absolute Gasteiger partial charge is 0.417 e. The van der Waals surface area contributed by atoms with Crippen LogP contribution in [-0.4, -0.2) is 36.5 Å². The van der Waals surface area contributed by atoms with E-state index in [9.17, 15) is 22.8 Å². The zero-order valence-electron chi connectivity index (χ0n) is 17.1. The predicted octanol–water partition coefficient (Wildman–Crippen LogP) is 4.70. The maximum Gasteiger partial charge on any atom is 0.417 e. The van der Waals surface area contributed by atoms with Crippen LogP contribution in [0, 0.1) is 5.92 Å². The first-order chi connectivity index (χ1) is 15.2. The fourth-order valence-electron chi connectivity index (χ4n) is 3.96. The summed E-state index contributed by atoms with van der Waals surface area (Å²) in [4.78, 5) is 31.7. The van der Waals surface area contributed by atoms with Gasteiger partial charge in [-0.15, -0.1) is 0 Å². The molecule has 2 aromatic rings. The highest BCUT2D eigenvalue weighted by Gasteiger charge is 2.33. The van der Waals surface area contributed by atoms with Gasteiger partial charge in [-0.25, -0.2) is 4.98 Å². The number of alkyl halides is 3. The van der Waals surface area contributed by atoms with Crippen LogP contribution in [0.3, 0.4) is 0 Å². The lowest BCUT2D eigenvalue weighted by atomic mass is 9.97. The number of halogens is 4. The van der Waals surface area contributed by atoms with E-state index in [-0.39, 0.29) is 28.6 Å². The highest BCUT2D eigenvalue weighted by atomic mass is 35.5. The Morgan fingerprint density at radius 1 is 1.12 bits per heavy atom. The number of benzene rings is 1. The maximum atomic E-state index is 12.8. The van der Waals surface area contributed by atoms with Crippen molar-refractivity contribution in [3.05, 3.63) is 47.1 Å². The number of aromatic nitrogens is 1. The molecule has 6 nitrogen and oxygen atoms in total. The van der Waals surface area contributed by atoms with E-state index in [1.165, 1.54) is 0 Å². The first kappa shape index (κ1) is 22.4. The molecule has 2 saturated heterocycles. The topological polar surface area (TPSA) is 62.7 Å². The Balaban J connectivity index is 1.32. The van der Waals surface area contributed by atoms with E-state index >= 15 is 0 Å². The number of hydrogen-bond donors (Lipinski definition) is 0. The van der Waals surface area contributed by atoms with E-state index in [2.05, 4.69) is 4.98 Å². The Kier molecular flexibility index (Phi) is 6.28. The Morgan fingerprint density at radius 3 is 2.38 bits per heavy atom. The fraction of sp³-hybridized carbons (Fsp3) is 0.409. The number of carbonyl (C=O) groups is 2. The van der Waals surface area contributed by atoms with Crippen molar-refractivity contribution >= 4 is 35.0 Å². The number of nitrogens with zero attached hydrogens (tertiary/aromatic N) is 3. The molecule has 3 heterocycles. The van der Waals surface area contributed by atoms with E-state index in [4.69, 9.17) is 16.3 Å². The third-order valence-electron chi connectivity index (χ3n) is 5.72. The molecule has 32 heavy (non-hydrogen) atoms. The molecule has 2 fully saturated rings. The molecule has 0 aliphatic carbocycles. The van der Waals surface area contributed by atoms with Gasteiger partial charge < -0.3 is 14.5 Å². The summed E-state index contributed by atoms with van der Waals surface area (Å²) in [5.74, 6) is 0.0726. The van der Waals surface area contributed by atoms with Crippen LogP contribution in [-0.2, 0) is 15.8 Å². The number of ether oxygens (including phenoxy) is 1. The number of pyridine rings is 1. The zero-order valence-corrected chi connectivity index (χ0v) is 17.8. The van der Waals surface area contributed by atoms with Gasteiger partial charge >= 0.3 is 12.1 Å². The highest BCUT2D eigenvalue weighted by Crippen LogP contribution is 2.35. The molecule has 0 radical (unpaired) electrons. The molecule has 0 bridgehead atoms. The van der Waals surface area contributed by atoms with Crippen LogP contribution in [0.25, 0.3) is 0 Å². The molecule has 4 rings (SSSR count). The van der Waals surface area contributed by atoms with Crippen molar-refractivity contribution in [2.75, 3.05) is 29.4 Å². The van der Waals surface area contributed by atoms with E-state index < -0.39 is 11.7 Å². The van der Waals surface area contributed by atoms with Crippen LogP contribution in [0.4, 0.5) is 24.7 Å². The molecule has 10 heteroatoms. The third-order valence-corrected chi connectivity index (χ3v) is 6.00. The first-order valence-electron chi connectivity index (χ1n) is 10.3. The monoisotopic (exact) mass is 467 g/mol. The summed E-state index contributed by atoms with van der Waals surface area (Å²) in [6, 6.07) is 7.71. The van der Waals surface area contributed by atoms with E-state index in [0.29, 0.717) is 44.6 Å². The van der Waals surface area contributed by atoms with Crippen LogP contribution >= 0.6 is 11.6 Å². The Morgan fingerprint density at radius 2 is 1.81 bits per heavy atom. The van der Waals surface area contributed by atoms with Gasteiger partial charge in [0.15, 0.2) is 0 Å². The lowest BCUT2D eigenvalue weighted by Gasteiger charge is -2.32. The molecule has 0 N–H and O–H groups in total. The lowest BCUT2D eigenvalue weighted by Crippen LogP contribution is -2.38. The van der Waals surface area contributed by atoms with Gasteiger partial charge in [-0.2, -0.15) is 13.2 Å². The standard InChI is InChI=1S/C22H21ClF3N3O3/c23-18-12-15(22(24,25)26)13-27-20(18)28-10-7-14(8-11-28)21(31)32-17-5-3-16(4-6-17)29-9-1-2-19(29)30/h3-6,12-14H,1-2,7-11H2. The van der Waals surface area contributed by atoms with Gasteiger partial charge in [0, 0.05) is 37.9 Å². The zero-order chi connectivity index (χ0) is 22.9. The average molecular weight is 468 g/mol. The molecule has 1 aromatic heterocycles. The van der Waals surface area contributed by atoms with Crippen LogP contribution in [0.5, 0.6) is 5.75 Å². The summed E-state index contributed by atoms with van der Waals surface area (Å²) >= 11 is 6.02. The van der Waals surface area contributed by atoms with Crippen molar-refractivity contribution in [1.29, 1.82) is 0 Å². The minimum absolute atomic E-state index is 0.0718. The molecule has 0 atom stereocenters. The van der Waals surface area contributed by atoms with Crippen molar-refractivity contribution < 1.29 is 27.5 Å². The summed E-state index contributed by atoms with van der Waals surface area (Å²) in [7, 11) is 0. The van der Waals surface area contributed by atoms with E-state index in [1.807, 2.05) is 0 Å². The minimum Gasteiger partial charge on any atom is -0.426 e. The van der Waals surface area contributed by atoms with Gasteiger partial charge in [0.1, 0.15) is 11.6 Å². The van der Waals surface area contributed by atoms with Gasteiger partial charge in [0.25, 0.3) is 0 Å². The Labute approximate surface area is 187 Å². The van der Waals surface area contributed by atoms with E-state index in [0.717, 1.165) is 24.4 Å². The molecule has 170 valence electrons. The maximum absolute atomic E-state index is 12.8. The van der Waals surface area contributed by atoms with Crippen LogP contribution in [0.15, 0.2) is 36.5 Å². The van der Waals surface area contributed by atoms with Crippen molar-refractivity contribution in [2.45, 2.75) is 31.9 Å². The number of esters is 1. The number of piperidine rings is 1. The largest absolute Gasteiger partial charge is 0.426 e. The van der Waals surface area contributed by atoms with Crippen molar-refractivity contribution in [3.8, 4) is 5.75 Å². The summed E-state index contributed by atoms with van der Waals surface area (Å²) < 4.78 is 43.9. The van der Waals surface area contributed by atoms with Crippen LogP contribution in [0.1, 0.15) is 31.2 Å². The third kappa shape index (κ3) is 4.82. The van der Waals surface area contributed by atoms with Crippen LogP contribution < -0.4 is 14.5 Å². The predicted molar refractivity (Wildman–Crippen MR) is 113 cm³/mol. The Hall–Kier alpha value is -2.81. The summed E-state index contributed by atoms with van der Waals surface area (Å²) in [5.41, 5.74) is -0.119. The highest BCUT2D eigenvalue weighted by molar-refractivity contribution is 6.33. The molecule has 0 unspecified atom stereocenters. The normalized spacial score (nSPS) is 17.7. The van der Waals surface area contributed by atoms with Gasteiger partial charge in [0.05, 0.1) is 16.5 Å².